The zero-order chi connectivity index (χ0) is 50.2. The van der Waals surface area contributed by atoms with Crippen molar-refractivity contribution in [1.29, 1.82) is 0 Å². The van der Waals surface area contributed by atoms with E-state index in [1.54, 1.807) is 18.2 Å². The van der Waals surface area contributed by atoms with Gasteiger partial charge >= 0.3 is 17.9 Å². The molecule has 6 rings (SSSR count). The van der Waals surface area contributed by atoms with Gasteiger partial charge < -0.3 is 29.5 Å². The van der Waals surface area contributed by atoms with Crippen molar-refractivity contribution in [3.63, 3.8) is 0 Å². The Morgan fingerprint density at radius 1 is 0.471 bits per heavy atom. The zero-order valence-electron chi connectivity index (χ0n) is 42.0. The second kappa shape index (κ2) is 33.7. The summed E-state index contributed by atoms with van der Waals surface area (Å²) in [5, 5.41) is 25.8. The van der Waals surface area contributed by atoms with Crippen molar-refractivity contribution in [1.82, 2.24) is 0 Å². The fourth-order valence-corrected chi connectivity index (χ4v) is 9.53. The van der Waals surface area contributed by atoms with Crippen molar-refractivity contribution in [2.45, 2.75) is 135 Å². The number of benzene rings is 3. The lowest BCUT2D eigenvalue weighted by Gasteiger charge is -2.28. The number of allylic oxidation sites excluding steroid dienone is 2. The van der Waals surface area contributed by atoms with Crippen LogP contribution in [0.4, 0.5) is 0 Å². The molecule has 0 amide bonds. The Morgan fingerprint density at radius 2 is 0.800 bits per heavy atom. The van der Waals surface area contributed by atoms with Gasteiger partial charge in [0.1, 0.15) is 17.2 Å². The number of hydrogen-bond acceptors (Lipinski definition) is 6. The van der Waals surface area contributed by atoms with Gasteiger partial charge in [0.2, 0.25) is 0 Å². The molecular formula is C61H82O9. The van der Waals surface area contributed by atoms with Gasteiger partial charge in [-0.2, -0.15) is 0 Å². The molecule has 0 aliphatic heterocycles. The van der Waals surface area contributed by atoms with Crippen LogP contribution in [0.15, 0.2) is 116 Å². The molecule has 3 saturated carbocycles. The molecule has 70 heavy (non-hydrogen) atoms. The predicted octanol–water partition coefficient (Wildman–Crippen LogP) is 15.4. The number of unbranched alkanes of at least 4 members (excludes halogenated alkanes) is 5. The average molecular weight is 959 g/mol. The van der Waals surface area contributed by atoms with Crippen LogP contribution in [0, 0.1) is 35.5 Å². The maximum atomic E-state index is 10.5. The lowest BCUT2D eigenvalue weighted by Crippen LogP contribution is -2.20. The summed E-state index contributed by atoms with van der Waals surface area (Å²) in [5.41, 5.74) is 2.59. The molecule has 3 aromatic carbocycles. The Balaban J connectivity index is 0.000000231. The van der Waals surface area contributed by atoms with E-state index in [4.69, 9.17) is 29.5 Å². The molecule has 0 saturated heterocycles. The SMILES string of the molecule is C=CC1CCC(COc2ccc(/C=C/C(=O)O)cc2)CC1.C=CCC1CCC(COc2ccc(/C=C/C(=O)O)cc2)CC1.CCCCCCCCC1CCC(COc2ccc(/C=C/C(=O)O)cc2)CC1. The van der Waals surface area contributed by atoms with Gasteiger partial charge in [-0.1, -0.05) is 113 Å². The molecule has 9 nitrogen and oxygen atoms in total. The highest BCUT2D eigenvalue weighted by molar-refractivity contribution is 5.86. The van der Waals surface area contributed by atoms with Crippen molar-refractivity contribution in [2.24, 2.45) is 35.5 Å². The predicted molar refractivity (Wildman–Crippen MR) is 285 cm³/mol. The number of carbonyl (C=O) groups is 3. The lowest BCUT2D eigenvalue weighted by atomic mass is 9.80. The summed E-state index contributed by atoms with van der Waals surface area (Å²) in [6, 6.07) is 22.7. The number of aliphatic carboxylic acids is 3. The van der Waals surface area contributed by atoms with Crippen LogP contribution in [-0.2, 0) is 14.4 Å². The number of hydrogen-bond donors (Lipinski definition) is 3. The number of carboxylic acid groups (broad SMARTS) is 3. The van der Waals surface area contributed by atoms with Crippen LogP contribution < -0.4 is 14.2 Å². The number of rotatable bonds is 25. The molecule has 0 atom stereocenters. The van der Waals surface area contributed by atoms with Gasteiger partial charge in [0.15, 0.2) is 0 Å². The largest absolute Gasteiger partial charge is 0.493 e. The second-order valence-corrected chi connectivity index (χ2v) is 19.5. The normalized spacial score (nSPS) is 21.2. The first-order valence-electron chi connectivity index (χ1n) is 26.2. The van der Waals surface area contributed by atoms with Gasteiger partial charge in [-0.25, -0.2) is 14.4 Å². The van der Waals surface area contributed by atoms with E-state index in [-0.39, 0.29) is 0 Å². The summed E-state index contributed by atoms with van der Waals surface area (Å²) in [5.74, 6) is 4.15. The third-order valence-electron chi connectivity index (χ3n) is 14.0. The zero-order valence-corrected chi connectivity index (χ0v) is 42.0. The maximum Gasteiger partial charge on any atom is 0.328 e. The summed E-state index contributed by atoms with van der Waals surface area (Å²) < 4.78 is 17.6. The van der Waals surface area contributed by atoms with Gasteiger partial charge in [-0.05, 0) is 177 Å². The van der Waals surface area contributed by atoms with Crippen molar-refractivity contribution in [3.8, 4) is 17.2 Å². The third-order valence-corrected chi connectivity index (χ3v) is 14.0. The molecule has 0 spiro atoms. The summed E-state index contributed by atoms with van der Waals surface area (Å²) in [6.07, 6.45) is 38.4. The van der Waals surface area contributed by atoms with Gasteiger partial charge in [0.25, 0.3) is 0 Å². The van der Waals surface area contributed by atoms with E-state index in [2.05, 4.69) is 26.2 Å². The maximum absolute atomic E-state index is 10.5. The second-order valence-electron chi connectivity index (χ2n) is 19.5. The van der Waals surface area contributed by atoms with Crippen molar-refractivity contribution in [3.05, 3.63) is 133 Å². The van der Waals surface area contributed by atoms with Crippen LogP contribution in [0.5, 0.6) is 17.2 Å². The van der Waals surface area contributed by atoms with Gasteiger partial charge in [0, 0.05) is 18.2 Å². The topological polar surface area (TPSA) is 140 Å². The molecule has 3 fully saturated rings. The molecule has 3 aliphatic rings. The summed E-state index contributed by atoms with van der Waals surface area (Å²) in [7, 11) is 0. The molecule has 3 aromatic rings. The van der Waals surface area contributed by atoms with Crippen molar-refractivity contribution >= 4 is 36.1 Å². The third kappa shape index (κ3) is 24.6. The monoisotopic (exact) mass is 959 g/mol. The minimum atomic E-state index is -0.939. The van der Waals surface area contributed by atoms with E-state index in [0.29, 0.717) is 23.7 Å². The van der Waals surface area contributed by atoms with E-state index in [1.807, 2.05) is 78.9 Å². The Morgan fingerprint density at radius 3 is 1.14 bits per heavy atom. The first-order chi connectivity index (χ1) is 34.0. The van der Waals surface area contributed by atoms with Crippen molar-refractivity contribution < 1.29 is 43.9 Å². The number of ether oxygens (including phenoxy) is 3. The minimum absolute atomic E-state index is 0.632. The quantitative estimate of drug-likeness (QED) is 0.0430. The highest BCUT2D eigenvalue weighted by atomic mass is 16.5. The summed E-state index contributed by atoms with van der Waals surface area (Å²) >= 11 is 0. The van der Waals surface area contributed by atoms with Gasteiger partial charge in [-0.15, -0.1) is 13.2 Å². The molecule has 0 bridgehead atoms. The number of carboxylic acids is 3. The van der Waals surface area contributed by atoms with E-state index >= 15 is 0 Å². The first-order valence-corrected chi connectivity index (χ1v) is 26.2. The Bertz CT molecular complexity index is 2020. The van der Waals surface area contributed by atoms with Crippen LogP contribution in [-0.4, -0.2) is 53.0 Å². The molecule has 3 N–H and O–H groups in total. The molecule has 380 valence electrons. The molecule has 0 aromatic heterocycles. The van der Waals surface area contributed by atoms with Crippen LogP contribution in [0.3, 0.4) is 0 Å². The van der Waals surface area contributed by atoms with E-state index in [1.165, 1.54) is 122 Å². The van der Waals surface area contributed by atoms with E-state index < -0.39 is 17.9 Å². The fraction of sp³-hybridized carbons (Fsp3) is 0.492. The lowest BCUT2D eigenvalue weighted by molar-refractivity contribution is -0.132. The van der Waals surface area contributed by atoms with Crippen LogP contribution in [0.25, 0.3) is 18.2 Å². The standard InChI is InChI=1S/C24H36O3.C19H24O3.C18H22O3/c1-2-3-4-5-6-7-8-20-9-11-22(12-10-20)19-27-23-16-13-21(14-17-23)15-18-24(25)26;1-2-3-15-4-6-17(7-5-15)14-22-18-11-8-16(9-12-18)10-13-19(20)21;1-2-14-3-5-16(6-4-14)13-21-17-10-7-15(8-11-17)9-12-18(19)20/h13-18,20,22H,2-12,19H2,1H3,(H,25,26);2,8-13,15,17H,1,3-7,14H2,(H,20,21);2,7-12,14,16H,1,3-6,13H2,(H,19,20)/b18-15+;13-10+;12-9+. The molecular weight excluding hydrogens is 877 g/mol. The van der Waals surface area contributed by atoms with E-state index in [0.717, 1.165) is 90.2 Å². The Labute approximate surface area is 419 Å². The van der Waals surface area contributed by atoms with Crippen LogP contribution >= 0.6 is 0 Å². The van der Waals surface area contributed by atoms with Crippen LogP contribution in [0.1, 0.15) is 152 Å². The fourth-order valence-electron chi connectivity index (χ4n) is 9.53. The minimum Gasteiger partial charge on any atom is -0.493 e. The molecule has 0 heterocycles. The summed E-state index contributed by atoms with van der Waals surface area (Å²) in [4.78, 5) is 31.4. The molecule has 0 radical (unpaired) electrons. The highest BCUT2D eigenvalue weighted by Crippen LogP contribution is 2.34. The first kappa shape index (κ1) is 56.8. The van der Waals surface area contributed by atoms with Gasteiger partial charge in [-0.3, -0.25) is 0 Å². The Kier molecular flexibility index (Phi) is 27.3. The highest BCUT2D eigenvalue weighted by Gasteiger charge is 2.23. The van der Waals surface area contributed by atoms with Crippen molar-refractivity contribution in [2.75, 3.05) is 19.8 Å². The van der Waals surface area contributed by atoms with E-state index in [9.17, 15) is 14.4 Å². The Hall–Kier alpha value is -5.83. The average Bonchev–Trinajstić information content (AvgIpc) is 3.38. The summed E-state index contributed by atoms with van der Waals surface area (Å²) in [6.45, 7) is 12.3. The molecule has 9 heteroatoms. The van der Waals surface area contributed by atoms with Crippen LogP contribution in [0.2, 0.25) is 0 Å². The smallest absolute Gasteiger partial charge is 0.328 e. The molecule has 0 unspecified atom stereocenters. The molecule has 3 aliphatic carbocycles. The van der Waals surface area contributed by atoms with Gasteiger partial charge in [0.05, 0.1) is 19.8 Å².